The molecule has 10 heteroatoms. The molecule has 0 saturated carbocycles. The number of thiazole rings is 1. The third-order valence-electron chi connectivity index (χ3n) is 2.27. The Labute approximate surface area is 128 Å². The van der Waals surface area contributed by atoms with Crippen LogP contribution in [-0.4, -0.2) is 26.5 Å². The fraction of sp³-hybridized carbons (Fsp3) is 0.0909. The minimum absolute atomic E-state index is 0.0326. The van der Waals surface area contributed by atoms with E-state index in [9.17, 15) is 17.6 Å². The number of esters is 1. The highest BCUT2D eigenvalue weighted by Crippen LogP contribution is 2.25. The van der Waals surface area contributed by atoms with Gasteiger partial charge in [0.05, 0.1) is 18.3 Å². The number of ether oxygens (including phenoxy) is 1. The van der Waals surface area contributed by atoms with Gasteiger partial charge in [0.25, 0.3) is 10.0 Å². The van der Waals surface area contributed by atoms with Crippen molar-refractivity contribution >= 4 is 44.6 Å². The summed E-state index contributed by atoms with van der Waals surface area (Å²) in [5, 5.41) is 0.0326. The van der Waals surface area contributed by atoms with Crippen LogP contribution in [0.25, 0.3) is 0 Å². The lowest BCUT2D eigenvalue weighted by Crippen LogP contribution is -2.16. The number of hydrogen-bond acceptors (Lipinski definition) is 6. The molecular formula is C11H8ClFN2O4S2. The van der Waals surface area contributed by atoms with E-state index >= 15 is 0 Å². The number of benzene rings is 1. The molecule has 0 fully saturated rings. The molecule has 0 radical (unpaired) electrons. The van der Waals surface area contributed by atoms with Crippen molar-refractivity contribution in [3.8, 4) is 0 Å². The summed E-state index contributed by atoms with van der Waals surface area (Å²) in [6.45, 7) is 0. The Kier molecular flexibility index (Phi) is 4.45. The maximum atomic E-state index is 13.2. The zero-order valence-electron chi connectivity index (χ0n) is 10.5. The van der Waals surface area contributed by atoms with Crippen LogP contribution in [0.1, 0.15) is 10.5 Å². The minimum atomic E-state index is -4.11. The zero-order valence-corrected chi connectivity index (χ0v) is 12.9. The van der Waals surface area contributed by atoms with Crippen molar-refractivity contribution in [3.05, 3.63) is 40.2 Å². The molecular weight excluding hydrogens is 343 g/mol. The van der Waals surface area contributed by atoms with Crippen molar-refractivity contribution in [2.24, 2.45) is 0 Å². The molecule has 0 amide bonds. The molecule has 0 atom stereocenters. The molecule has 1 aromatic heterocycles. The lowest BCUT2D eigenvalue weighted by molar-refractivity contribution is 0.0590. The molecule has 112 valence electrons. The summed E-state index contributed by atoms with van der Waals surface area (Å²) < 4.78 is 43.9. The lowest BCUT2D eigenvalue weighted by atomic mass is 10.3. The van der Waals surface area contributed by atoms with E-state index in [4.69, 9.17) is 11.6 Å². The minimum Gasteiger partial charge on any atom is -0.464 e. The summed E-state index contributed by atoms with van der Waals surface area (Å²) in [5.74, 6) is -1.58. The molecule has 0 aliphatic heterocycles. The van der Waals surface area contributed by atoms with Gasteiger partial charge < -0.3 is 4.74 Å². The largest absolute Gasteiger partial charge is 0.464 e. The molecule has 0 aliphatic rings. The van der Waals surface area contributed by atoms with Gasteiger partial charge in [0.15, 0.2) is 9.90 Å². The van der Waals surface area contributed by atoms with E-state index in [1.54, 1.807) is 0 Å². The molecule has 1 heterocycles. The number of aromatic nitrogens is 1. The van der Waals surface area contributed by atoms with Gasteiger partial charge in [0.2, 0.25) is 0 Å². The topological polar surface area (TPSA) is 85.4 Å². The summed E-state index contributed by atoms with van der Waals surface area (Å²) in [6.07, 6.45) is 0. The average Bonchev–Trinajstić information content (AvgIpc) is 2.85. The van der Waals surface area contributed by atoms with Crippen LogP contribution in [0.2, 0.25) is 5.02 Å². The van der Waals surface area contributed by atoms with Crippen LogP contribution in [0, 0.1) is 5.82 Å². The Hall–Kier alpha value is -1.71. The van der Waals surface area contributed by atoms with Crippen LogP contribution in [0.3, 0.4) is 0 Å². The lowest BCUT2D eigenvalue weighted by Gasteiger charge is -2.07. The molecule has 0 unspecified atom stereocenters. The molecule has 0 bridgehead atoms. The fourth-order valence-corrected chi connectivity index (χ4v) is 3.87. The second kappa shape index (κ2) is 5.96. The van der Waals surface area contributed by atoms with Gasteiger partial charge in [-0.25, -0.2) is 22.6 Å². The first-order valence-electron chi connectivity index (χ1n) is 5.34. The normalized spacial score (nSPS) is 11.2. The third kappa shape index (κ3) is 3.49. The molecule has 0 aliphatic carbocycles. The predicted octanol–water partition coefficient (Wildman–Crippen LogP) is 2.52. The van der Waals surface area contributed by atoms with Gasteiger partial charge in [-0.3, -0.25) is 4.72 Å². The second-order valence-electron chi connectivity index (χ2n) is 3.74. The van der Waals surface area contributed by atoms with Gasteiger partial charge in [-0.05, 0) is 18.2 Å². The van der Waals surface area contributed by atoms with Crippen LogP contribution in [0.15, 0.2) is 27.9 Å². The van der Waals surface area contributed by atoms with E-state index in [-0.39, 0.29) is 20.6 Å². The van der Waals surface area contributed by atoms with Crippen molar-refractivity contribution in [3.63, 3.8) is 0 Å². The standard InChI is InChI=1S/C11H8ClFN2O4S2/c1-19-10(16)9-11(20-5-14-9)21(17,18)15-8-3-6(12)2-7(13)4-8/h2-5,15H,1H3. The van der Waals surface area contributed by atoms with E-state index in [1.165, 1.54) is 11.6 Å². The number of anilines is 1. The Bertz CT molecular complexity index is 771. The number of nitrogens with zero attached hydrogens (tertiary/aromatic N) is 1. The van der Waals surface area contributed by atoms with Crippen molar-refractivity contribution < 1.29 is 22.3 Å². The number of halogens is 2. The van der Waals surface area contributed by atoms with Gasteiger partial charge in [0.1, 0.15) is 5.82 Å². The van der Waals surface area contributed by atoms with E-state index in [0.717, 1.165) is 30.6 Å². The first-order valence-corrected chi connectivity index (χ1v) is 8.08. The van der Waals surface area contributed by atoms with Gasteiger partial charge in [-0.2, -0.15) is 0 Å². The fourth-order valence-electron chi connectivity index (χ4n) is 1.47. The smallest absolute Gasteiger partial charge is 0.358 e. The first kappa shape index (κ1) is 15.7. The summed E-state index contributed by atoms with van der Waals surface area (Å²) >= 11 is 6.39. The van der Waals surface area contributed by atoms with Crippen LogP contribution in [0.5, 0.6) is 0 Å². The third-order valence-corrected chi connectivity index (χ3v) is 5.24. The molecule has 21 heavy (non-hydrogen) atoms. The summed E-state index contributed by atoms with van der Waals surface area (Å²) in [4.78, 5) is 15.1. The predicted molar refractivity (Wildman–Crippen MR) is 75.7 cm³/mol. The van der Waals surface area contributed by atoms with Crippen LogP contribution in [-0.2, 0) is 14.8 Å². The summed E-state index contributed by atoms with van der Waals surface area (Å²) in [7, 11) is -3.00. The summed E-state index contributed by atoms with van der Waals surface area (Å²) in [6, 6.07) is 3.23. The zero-order chi connectivity index (χ0) is 15.6. The van der Waals surface area contributed by atoms with Gasteiger partial charge in [-0.15, -0.1) is 11.3 Å². The quantitative estimate of drug-likeness (QED) is 0.856. The maximum absolute atomic E-state index is 13.2. The van der Waals surface area contributed by atoms with Crippen molar-refractivity contribution in [2.45, 2.75) is 4.21 Å². The Balaban J connectivity index is 2.39. The maximum Gasteiger partial charge on any atom is 0.358 e. The monoisotopic (exact) mass is 350 g/mol. The Morgan fingerprint density at radius 3 is 2.76 bits per heavy atom. The number of sulfonamides is 1. The molecule has 0 spiro atoms. The Morgan fingerprint density at radius 2 is 2.14 bits per heavy atom. The van der Waals surface area contributed by atoms with Gasteiger partial charge in [0, 0.05) is 5.02 Å². The molecule has 0 saturated heterocycles. The highest BCUT2D eigenvalue weighted by Gasteiger charge is 2.26. The number of carbonyl (C=O) groups is 1. The van der Waals surface area contributed by atoms with Gasteiger partial charge >= 0.3 is 5.97 Å². The molecule has 2 aromatic rings. The molecule has 1 aromatic carbocycles. The molecule has 2 rings (SSSR count). The van der Waals surface area contributed by atoms with Gasteiger partial charge in [-0.1, -0.05) is 11.6 Å². The first-order chi connectivity index (χ1) is 9.83. The average molecular weight is 351 g/mol. The van der Waals surface area contributed by atoms with Crippen LogP contribution < -0.4 is 4.72 Å². The SMILES string of the molecule is COC(=O)c1ncsc1S(=O)(=O)Nc1cc(F)cc(Cl)c1. The molecule has 1 N–H and O–H groups in total. The van der Waals surface area contributed by atoms with Crippen molar-refractivity contribution in [1.82, 2.24) is 4.98 Å². The highest BCUT2D eigenvalue weighted by atomic mass is 35.5. The molecule has 6 nitrogen and oxygen atoms in total. The number of methoxy groups -OCH3 is 1. The second-order valence-corrected chi connectivity index (χ2v) is 6.91. The van der Waals surface area contributed by atoms with Crippen molar-refractivity contribution in [2.75, 3.05) is 11.8 Å². The number of carbonyl (C=O) groups excluding carboxylic acids is 1. The number of nitrogens with one attached hydrogen (secondary N) is 1. The van der Waals surface area contributed by atoms with Crippen molar-refractivity contribution in [1.29, 1.82) is 0 Å². The van der Waals surface area contributed by atoms with Crippen LogP contribution in [0.4, 0.5) is 10.1 Å². The number of rotatable bonds is 4. The summed E-state index contributed by atoms with van der Waals surface area (Å²) in [5.41, 5.74) is 0.793. The number of hydrogen-bond donors (Lipinski definition) is 1. The van der Waals surface area contributed by atoms with E-state index in [2.05, 4.69) is 14.4 Å². The van der Waals surface area contributed by atoms with E-state index in [0.29, 0.717) is 0 Å². The Morgan fingerprint density at radius 1 is 1.43 bits per heavy atom. The highest BCUT2D eigenvalue weighted by molar-refractivity contribution is 7.94. The van der Waals surface area contributed by atoms with Crippen LogP contribution >= 0.6 is 22.9 Å². The van der Waals surface area contributed by atoms with E-state index < -0.39 is 21.8 Å². The van der Waals surface area contributed by atoms with E-state index in [1.807, 2.05) is 0 Å².